The monoisotopic (exact) mass is 1160 g/mol. The second-order valence-corrected chi connectivity index (χ2v) is 23.4. The number of carbonyl (C=O) groups is 3. The number of hydrogen-bond acceptors (Lipinski definition) is 13. The first kappa shape index (κ1) is 58.9. The molecule has 4 aliphatic rings. The highest BCUT2D eigenvalue weighted by Gasteiger charge is 2.31. The molecule has 16 nitrogen and oxygen atoms in total. The summed E-state index contributed by atoms with van der Waals surface area (Å²) in [6.45, 7) is 11.2. The third kappa shape index (κ3) is 15.2. The van der Waals surface area contributed by atoms with Crippen LogP contribution in [0.25, 0.3) is 22.9 Å². The van der Waals surface area contributed by atoms with E-state index in [4.69, 9.17) is 13.6 Å². The number of carbonyl (C=O) groups excluding carboxylic acids is 3. The summed E-state index contributed by atoms with van der Waals surface area (Å²) in [6, 6.07) is 23.7. The number of benzene rings is 4. The Labute approximate surface area is 474 Å². The van der Waals surface area contributed by atoms with E-state index < -0.39 is 41.9 Å². The summed E-state index contributed by atoms with van der Waals surface area (Å²) in [4.78, 5) is 48.2. The van der Waals surface area contributed by atoms with Gasteiger partial charge in [0.2, 0.25) is 11.8 Å². The van der Waals surface area contributed by atoms with Crippen molar-refractivity contribution in [2.75, 3.05) is 85.2 Å². The third-order valence-electron chi connectivity index (χ3n) is 14.4. The van der Waals surface area contributed by atoms with E-state index in [0.717, 1.165) is 73.4 Å². The summed E-state index contributed by atoms with van der Waals surface area (Å²) in [5.41, 5.74) is 4.03. The number of aromatic nitrogens is 4. The Kier molecular flexibility index (Phi) is 19.5. The lowest BCUT2D eigenvalue weighted by molar-refractivity contribution is 0.0204. The minimum atomic E-state index is -2.93. The third-order valence-corrected chi connectivity index (χ3v) is 16.3. The molecule has 4 fully saturated rings. The van der Waals surface area contributed by atoms with E-state index in [2.05, 4.69) is 37.8 Å². The fourth-order valence-electron chi connectivity index (χ4n) is 9.96. The first-order valence-corrected chi connectivity index (χ1v) is 29.3. The number of urea groups is 2. The molecule has 0 aliphatic carbocycles. The zero-order valence-electron chi connectivity index (χ0n) is 45.2. The van der Waals surface area contributed by atoms with Gasteiger partial charge in [0.1, 0.15) is 17.2 Å². The molecule has 81 heavy (non-hydrogen) atoms. The standard InChI is InChI=1S/C31H36F3N5O4S.C26H28F3N5O2S/c1-31(2,3)43-30(41)38-12-10-21(11-13-38)20-6-8-24(9-7-20)39(29(40)37-14-16-44-17-15-37)19-23-5-4-22(18-25(23)32)27-35-36-28(42-27)26(33)34;27-22-15-19(24-31-32-25(36-24)23(28)29)1-2-20(22)16-34(26(35)33-11-13-37-14-12-33)21-5-3-17(4-6-21)18-7-9-30-10-8-18/h4-9,18,21,26H,10-17,19H2,1-3H3;1-6,15,18,23,30H,7-14,16H2. The first-order chi connectivity index (χ1) is 39.0. The van der Waals surface area contributed by atoms with Gasteiger partial charge >= 0.3 is 31.0 Å². The molecule has 24 heteroatoms. The summed E-state index contributed by atoms with van der Waals surface area (Å²) < 4.78 is 97.2. The van der Waals surface area contributed by atoms with Gasteiger partial charge in [0.25, 0.3) is 11.8 Å². The number of halogens is 6. The van der Waals surface area contributed by atoms with Crippen molar-refractivity contribution < 1.29 is 54.3 Å². The summed E-state index contributed by atoms with van der Waals surface area (Å²) in [5, 5.41) is 17.1. The van der Waals surface area contributed by atoms with Crippen molar-refractivity contribution >= 4 is 53.1 Å². The maximum Gasteiger partial charge on any atom is 0.410 e. The number of amides is 5. The topological polar surface area (TPSA) is 167 Å². The summed E-state index contributed by atoms with van der Waals surface area (Å²) in [5.74, 6) is 0.858. The predicted molar refractivity (Wildman–Crippen MR) is 298 cm³/mol. The largest absolute Gasteiger partial charge is 0.444 e. The highest BCUT2D eigenvalue weighted by Crippen LogP contribution is 2.34. The zero-order chi connectivity index (χ0) is 57.2. The Hall–Kier alpha value is -6.79. The number of nitrogens with zero attached hydrogens (tertiary/aromatic N) is 9. The lowest BCUT2D eigenvalue weighted by atomic mass is 9.89. The van der Waals surface area contributed by atoms with E-state index in [9.17, 15) is 31.9 Å². The Bertz CT molecular complexity index is 3070. The molecule has 6 aromatic rings. The quantitative estimate of drug-likeness (QED) is 0.115. The highest BCUT2D eigenvalue weighted by molar-refractivity contribution is 7.99. The number of piperidine rings is 2. The van der Waals surface area contributed by atoms with Gasteiger partial charge in [-0.05, 0) is 131 Å². The van der Waals surface area contributed by atoms with E-state index >= 15 is 8.78 Å². The number of rotatable bonds is 12. The number of thioether (sulfide) groups is 2. The number of alkyl halides is 4. The fourth-order valence-corrected chi connectivity index (χ4v) is 11.8. The van der Waals surface area contributed by atoms with Crippen LogP contribution in [0.1, 0.15) is 105 Å². The van der Waals surface area contributed by atoms with Crippen LogP contribution in [0.3, 0.4) is 0 Å². The molecule has 4 saturated heterocycles. The van der Waals surface area contributed by atoms with E-state index in [-0.39, 0.29) is 65.6 Å². The van der Waals surface area contributed by atoms with Gasteiger partial charge in [-0.25, -0.2) is 23.2 Å². The van der Waals surface area contributed by atoms with Crippen molar-refractivity contribution in [1.82, 2.24) is 40.4 Å². The second-order valence-electron chi connectivity index (χ2n) is 21.0. The fraction of sp³-hybridized carbons (Fsp3) is 0.456. The molecule has 0 unspecified atom stereocenters. The molecule has 10 rings (SSSR count). The van der Waals surface area contributed by atoms with Gasteiger partial charge in [0.05, 0.1) is 13.1 Å². The van der Waals surface area contributed by atoms with Gasteiger partial charge in [0, 0.05) is 95.9 Å². The average molecular weight is 1160 g/mol. The molecule has 0 radical (unpaired) electrons. The Morgan fingerprint density at radius 3 is 1.37 bits per heavy atom. The van der Waals surface area contributed by atoms with E-state index in [1.807, 2.05) is 57.2 Å². The van der Waals surface area contributed by atoms with Crippen LogP contribution in [-0.4, -0.2) is 134 Å². The second kappa shape index (κ2) is 26.9. The van der Waals surface area contributed by atoms with Gasteiger partial charge in [-0.1, -0.05) is 36.4 Å². The van der Waals surface area contributed by atoms with Crippen LogP contribution >= 0.6 is 23.5 Å². The van der Waals surface area contributed by atoms with Crippen LogP contribution in [0.5, 0.6) is 0 Å². The maximum absolute atomic E-state index is 15.3. The average Bonchev–Trinajstić information content (AvgIpc) is 4.31. The number of likely N-dealkylation sites (tertiary alicyclic amines) is 1. The van der Waals surface area contributed by atoms with Crippen LogP contribution < -0.4 is 15.1 Å². The maximum atomic E-state index is 15.3. The molecule has 0 saturated carbocycles. The lowest BCUT2D eigenvalue weighted by Crippen LogP contribution is -2.46. The molecule has 4 aromatic carbocycles. The van der Waals surface area contributed by atoms with Crippen molar-refractivity contribution in [3.8, 4) is 22.9 Å². The minimum Gasteiger partial charge on any atom is -0.444 e. The van der Waals surface area contributed by atoms with E-state index in [0.29, 0.717) is 62.1 Å². The Morgan fingerprint density at radius 1 is 0.593 bits per heavy atom. The van der Waals surface area contributed by atoms with Crippen molar-refractivity contribution in [1.29, 1.82) is 0 Å². The number of hydrogen-bond donors (Lipinski definition) is 1. The van der Waals surface area contributed by atoms with Crippen LogP contribution in [0.2, 0.25) is 0 Å². The van der Waals surface area contributed by atoms with Crippen LogP contribution in [0, 0.1) is 11.6 Å². The molecule has 2 aromatic heterocycles. The van der Waals surface area contributed by atoms with E-state index in [1.165, 1.54) is 35.9 Å². The summed E-state index contributed by atoms with van der Waals surface area (Å²) in [7, 11) is 0. The molecule has 6 heterocycles. The highest BCUT2D eigenvalue weighted by atomic mass is 32.2. The van der Waals surface area contributed by atoms with Gasteiger partial charge in [-0.2, -0.15) is 41.1 Å². The van der Waals surface area contributed by atoms with Gasteiger partial charge in [-0.3, -0.25) is 9.80 Å². The molecular weight excluding hydrogens is 1100 g/mol. The number of anilines is 2. The van der Waals surface area contributed by atoms with Crippen LogP contribution in [0.4, 0.5) is 52.1 Å². The first-order valence-electron chi connectivity index (χ1n) is 27.0. The van der Waals surface area contributed by atoms with E-state index in [1.54, 1.807) is 48.0 Å². The minimum absolute atomic E-state index is 0.0212. The van der Waals surface area contributed by atoms with Crippen molar-refractivity contribution in [2.24, 2.45) is 0 Å². The molecule has 5 amide bonds. The Balaban J connectivity index is 0.000000198. The van der Waals surface area contributed by atoms with Crippen LogP contribution in [0.15, 0.2) is 93.8 Å². The van der Waals surface area contributed by atoms with Crippen molar-refractivity contribution in [3.05, 3.63) is 131 Å². The molecule has 1 N–H and O–H groups in total. The number of ether oxygens (including phenoxy) is 1. The smallest absolute Gasteiger partial charge is 0.410 e. The SMILES string of the molecule is CC(C)(C)OC(=O)N1CCC(c2ccc(N(Cc3ccc(-c4nnc(C(F)F)o4)cc3F)C(=O)N3CCSCC3)cc2)CC1.O=C(N1CCSCC1)N(Cc1ccc(-c2nnc(C(F)F)o2)cc1F)c1ccc(C2CCNCC2)cc1. The van der Waals surface area contributed by atoms with Gasteiger partial charge in [0.15, 0.2) is 0 Å². The molecular formula is C57H64F6N10O6S2. The lowest BCUT2D eigenvalue weighted by Gasteiger charge is -2.34. The molecule has 4 aliphatic heterocycles. The van der Waals surface area contributed by atoms with Crippen molar-refractivity contribution in [2.45, 2.75) is 89.8 Å². The zero-order valence-corrected chi connectivity index (χ0v) is 46.8. The summed E-state index contributed by atoms with van der Waals surface area (Å²) >= 11 is 3.59. The predicted octanol–water partition coefficient (Wildman–Crippen LogP) is 12.6. The molecule has 0 spiro atoms. The van der Waals surface area contributed by atoms with Crippen molar-refractivity contribution in [3.63, 3.8) is 0 Å². The van der Waals surface area contributed by atoms with Gasteiger partial charge in [-0.15, -0.1) is 20.4 Å². The molecule has 0 bridgehead atoms. The molecule has 0 atom stereocenters. The molecule has 432 valence electrons. The van der Waals surface area contributed by atoms with Crippen LogP contribution in [-0.2, 0) is 17.8 Å². The summed E-state index contributed by atoms with van der Waals surface area (Å²) in [6.07, 6.45) is -2.39. The normalized spacial score (nSPS) is 16.6. The number of nitrogens with one attached hydrogen (secondary N) is 1. The Morgan fingerprint density at radius 2 is 1.00 bits per heavy atom. The van der Waals surface area contributed by atoms with Gasteiger partial charge < -0.3 is 33.6 Å².